The van der Waals surface area contributed by atoms with Crippen molar-refractivity contribution in [2.75, 3.05) is 0 Å². The van der Waals surface area contributed by atoms with Crippen LogP contribution in [0.2, 0.25) is 26.2 Å². The van der Waals surface area contributed by atoms with Gasteiger partial charge in [-0.25, -0.2) is 0 Å². The van der Waals surface area contributed by atoms with Gasteiger partial charge in [-0.3, -0.25) is 0 Å². The van der Waals surface area contributed by atoms with Gasteiger partial charge in [-0.2, -0.15) is 0 Å². The predicted octanol–water partition coefficient (Wildman–Crippen LogP) is 1.93. The van der Waals surface area contributed by atoms with Crippen molar-refractivity contribution >= 4 is 18.1 Å². The van der Waals surface area contributed by atoms with Gasteiger partial charge in [-0.15, -0.1) is 5.73 Å². The van der Waals surface area contributed by atoms with Crippen molar-refractivity contribution in [3.8, 4) is 0 Å². The van der Waals surface area contributed by atoms with E-state index in [0.29, 0.717) is 0 Å². The zero-order valence-corrected chi connectivity index (χ0v) is 9.79. The average Bonchev–Trinajstić information content (AvgIpc) is 1.62. The Morgan fingerprint density at radius 3 is 1.20 bits per heavy atom. The van der Waals surface area contributed by atoms with E-state index in [1.165, 1.54) is 0 Å². The molecule has 60 valence electrons. The molecule has 0 saturated carbocycles. The van der Waals surface area contributed by atoms with Gasteiger partial charge in [0.2, 0.25) is 0 Å². The van der Waals surface area contributed by atoms with Crippen LogP contribution >= 0.6 is 0 Å². The third kappa shape index (κ3) is 24.7. The van der Waals surface area contributed by atoms with Gasteiger partial charge in [-0.05, 0) is 26.2 Å². The molecule has 0 aromatic heterocycles. The highest BCUT2D eigenvalue weighted by atomic mass is 28.4. The molecule has 0 unspecified atom stereocenters. The molecular weight excluding hydrogens is 156 g/mol. The van der Waals surface area contributed by atoms with Crippen molar-refractivity contribution < 1.29 is 4.12 Å². The topological polar surface area (TPSA) is 9.23 Å². The van der Waals surface area contributed by atoms with Gasteiger partial charge in [0.25, 0.3) is 0 Å². The summed E-state index contributed by atoms with van der Waals surface area (Å²) in [6.07, 6.45) is 0. The lowest BCUT2D eigenvalue weighted by atomic mass is 11.0. The van der Waals surface area contributed by atoms with E-state index in [2.05, 4.69) is 45.1 Å². The van der Waals surface area contributed by atoms with Crippen molar-refractivity contribution in [3.63, 3.8) is 0 Å². The van der Waals surface area contributed by atoms with E-state index >= 15 is 0 Å². The summed E-state index contributed by atoms with van der Waals surface area (Å²) in [5.41, 5.74) is 2.25. The van der Waals surface area contributed by atoms with Crippen LogP contribution in [0.15, 0.2) is 18.9 Å². The third-order valence-corrected chi connectivity index (χ3v) is 4.90. The van der Waals surface area contributed by atoms with E-state index < -0.39 is 18.1 Å². The van der Waals surface area contributed by atoms with Crippen molar-refractivity contribution in [2.45, 2.75) is 26.2 Å². The second kappa shape index (κ2) is 8.91. The van der Waals surface area contributed by atoms with Crippen LogP contribution in [-0.4, -0.2) is 18.1 Å². The van der Waals surface area contributed by atoms with Crippen LogP contribution < -0.4 is 0 Å². The zero-order chi connectivity index (χ0) is 8.57. The Bertz CT molecular complexity index is 87.8. The molecule has 0 aliphatic rings. The van der Waals surface area contributed by atoms with Crippen LogP contribution in [0.5, 0.6) is 0 Å². The average molecular weight is 174 g/mol. The highest BCUT2D eigenvalue weighted by molar-refractivity contribution is 6.63. The minimum atomic E-state index is -0.667. The van der Waals surface area contributed by atoms with E-state index in [-0.39, 0.29) is 0 Å². The van der Waals surface area contributed by atoms with Crippen LogP contribution in [0.25, 0.3) is 0 Å². The lowest BCUT2D eigenvalue weighted by Crippen LogP contribution is -2.17. The first-order valence-electron chi connectivity index (χ1n) is 3.49. The minimum Gasteiger partial charge on any atom is -0.461 e. The fourth-order valence-corrected chi connectivity index (χ4v) is 4.90. The maximum absolute atomic E-state index is 5.53. The molecule has 0 amide bonds. The first-order valence-corrected chi connectivity index (χ1v) is 9.05. The van der Waals surface area contributed by atoms with Gasteiger partial charge in [-0.1, -0.05) is 13.2 Å². The van der Waals surface area contributed by atoms with Crippen molar-refractivity contribution in [1.29, 1.82) is 0 Å². The Kier molecular flexibility index (Phi) is 11.2. The zero-order valence-electron chi connectivity index (χ0n) is 7.48. The summed E-state index contributed by atoms with van der Waals surface area (Å²) < 4.78 is 5.53. The van der Waals surface area contributed by atoms with Crippen molar-refractivity contribution in [1.82, 2.24) is 0 Å². The molecule has 0 aliphatic carbocycles. The normalized spacial score (nSPS) is 8.60. The quantitative estimate of drug-likeness (QED) is 0.459. The fourth-order valence-electron chi connectivity index (χ4n) is 0.544. The first-order chi connectivity index (χ1) is 4.54. The molecule has 0 spiro atoms. The second-order valence-corrected chi connectivity index (χ2v) is 7.77. The molecule has 0 heterocycles. The fraction of sp³-hybridized carbons (Fsp3) is 0.571. The van der Waals surface area contributed by atoms with Gasteiger partial charge in [0.05, 0.1) is 0 Å². The highest BCUT2D eigenvalue weighted by Crippen LogP contribution is 1.87. The Hall–Kier alpha value is -0.0862. The molecule has 0 fully saturated rings. The lowest BCUT2D eigenvalue weighted by Gasteiger charge is -2.07. The number of hydrogen-bond donors (Lipinski definition) is 0. The summed E-state index contributed by atoms with van der Waals surface area (Å²) in [6, 6.07) is 0. The SMILES string of the molecule is C=C=C.C[SiH](C)O[SiH](C)C. The maximum atomic E-state index is 5.53. The first kappa shape index (κ1) is 12.6. The third-order valence-electron chi connectivity index (χ3n) is 0.544. The molecule has 0 aliphatic heterocycles. The van der Waals surface area contributed by atoms with Gasteiger partial charge in [0.1, 0.15) is 0 Å². The van der Waals surface area contributed by atoms with Crippen LogP contribution in [0.1, 0.15) is 0 Å². The van der Waals surface area contributed by atoms with Gasteiger partial charge < -0.3 is 4.12 Å². The van der Waals surface area contributed by atoms with Crippen molar-refractivity contribution in [2.24, 2.45) is 0 Å². The molecule has 0 atom stereocenters. The van der Waals surface area contributed by atoms with Crippen LogP contribution in [0, 0.1) is 0 Å². The van der Waals surface area contributed by atoms with Crippen LogP contribution in [-0.2, 0) is 4.12 Å². The van der Waals surface area contributed by atoms with Gasteiger partial charge >= 0.3 is 0 Å². The molecule has 0 aromatic rings. The van der Waals surface area contributed by atoms with Gasteiger partial charge in [0.15, 0.2) is 18.1 Å². The van der Waals surface area contributed by atoms with Crippen LogP contribution in [0.4, 0.5) is 0 Å². The molecule has 3 heteroatoms. The summed E-state index contributed by atoms with van der Waals surface area (Å²) >= 11 is 0. The Labute approximate surface area is 67.9 Å². The molecule has 1 nitrogen and oxygen atoms in total. The standard InChI is InChI=1S/C4H14OSi2.C3H4/c1-6(2)5-7(3)4;1-3-2/h6-7H,1-4H3;1-2H2. The highest BCUT2D eigenvalue weighted by Gasteiger charge is 1.97. The Morgan fingerprint density at radius 1 is 1.00 bits per heavy atom. The smallest absolute Gasteiger partial charge is 0.156 e. The summed E-state index contributed by atoms with van der Waals surface area (Å²) in [7, 11) is -1.33. The molecule has 0 N–H and O–H groups in total. The summed E-state index contributed by atoms with van der Waals surface area (Å²) in [6.45, 7) is 15.1. The van der Waals surface area contributed by atoms with Crippen molar-refractivity contribution in [3.05, 3.63) is 18.9 Å². The van der Waals surface area contributed by atoms with Crippen LogP contribution in [0.3, 0.4) is 0 Å². The van der Waals surface area contributed by atoms with E-state index in [1.807, 2.05) is 0 Å². The van der Waals surface area contributed by atoms with Gasteiger partial charge in [0, 0.05) is 0 Å². The Balaban J connectivity index is 0. The lowest BCUT2D eigenvalue weighted by molar-refractivity contribution is 0.608. The second-order valence-electron chi connectivity index (χ2n) is 2.48. The summed E-state index contributed by atoms with van der Waals surface area (Å²) in [5, 5.41) is 0. The molecule has 0 radical (unpaired) electrons. The van der Waals surface area contributed by atoms with E-state index in [4.69, 9.17) is 4.12 Å². The Morgan fingerprint density at radius 2 is 1.20 bits per heavy atom. The molecule has 0 rings (SSSR count). The maximum Gasteiger partial charge on any atom is 0.156 e. The molecular formula is C7H18OSi2. The summed E-state index contributed by atoms with van der Waals surface area (Å²) in [5.74, 6) is 0. The summed E-state index contributed by atoms with van der Waals surface area (Å²) in [4.78, 5) is 0. The molecule has 10 heavy (non-hydrogen) atoms. The molecule has 0 aromatic carbocycles. The largest absolute Gasteiger partial charge is 0.461 e. The predicted molar refractivity (Wildman–Crippen MR) is 53.6 cm³/mol. The van der Waals surface area contributed by atoms with E-state index in [9.17, 15) is 0 Å². The molecule has 0 bridgehead atoms. The van der Waals surface area contributed by atoms with E-state index in [1.54, 1.807) is 0 Å². The number of hydrogen-bond acceptors (Lipinski definition) is 1. The minimum absolute atomic E-state index is 0.667. The molecule has 0 saturated heterocycles. The monoisotopic (exact) mass is 174 g/mol. The number of rotatable bonds is 2. The van der Waals surface area contributed by atoms with E-state index in [0.717, 1.165) is 0 Å².